The number of carboxylic acids is 1. The monoisotopic (exact) mass is 242 g/mol. The van der Waals surface area contributed by atoms with E-state index in [1.807, 2.05) is 36.4 Å². The van der Waals surface area contributed by atoms with E-state index in [4.69, 9.17) is 10.8 Å². The molecule has 0 aliphatic carbocycles. The number of benzene rings is 1. The Bertz CT molecular complexity index is 541. The van der Waals surface area contributed by atoms with Gasteiger partial charge in [-0.15, -0.1) is 0 Å². The standard InChI is InChI=1S/C14H14N2O2/c15-13(7-14(17)18)12-6-11(8-16-9-12)10-4-2-1-3-5-10/h1-6,8-9,13H,7,15H2,(H,17,18)/t13-/m0/s1. The maximum atomic E-state index is 10.6. The number of hydrogen-bond acceptors (Lipinski definition) is 3. The second-order valence-corrected chi connectivity index (χ2v) is 4.08. The summed E-state index contributed by atoms with van der Waals surface area (Å²) in [5.41, 5.74) is 8.53. The van der Waals surface area contributed by atoms with Gasteiger partial charge in [0.05, 0.1) is 6.42 Å². The Morgan fingerprint density at radius 1 is 1.22 bits per heavy atom. The van der Waals surface area contributed by atoms with Crippen LogP contribution in [0.4, 0.5) is 0 Å². The first-order valence-electron chi connectivity index (χ1n) is 5.64. The lowest BCUT2D eigenvalue weighted by Gasteiger charge is -2.10. The van der Waals surface area contributed by atoms with Crippen molar-refractivity contribution in [1.29, 1.82) is 0 Å². The molecule has 4 nitrogen and oxygen atoms in total. The first kappa shape index (κ1) is 12.3. The van der Waals surface area contributed by atoms with Crippen molar-refractivity contribution in [2.24, 2.45) is 5.73 Å². The van der Waals surface area contributed by atoms with E-state index in [0.717, 1.165) is 16.7 Å². The lowest BCUT2D eigenvalue weighted by molar-refractivity contribution is -0.137. The van der Waals surface area contributed by atoms with Gasteiger partial charge in [-0.3, -0.25) is 9.78 Å². The molecule has 2 rings (SSSR count). The van der Waals surface area contributed by atoms with Gasteiger partial charge in [-0.2, -0.15) is 0 Å². The van der Waals surface area contributed by atoms with Crippen molar-refractivity contribution < 1.29 is 9.90 Å². The molecule has 0 fully saturated rings. The molecule has 92 valence electrons. The number of carboxylic acid groups (broad SMARTS) is 1. The van der Waals surface area contributed by atoms with Gasteiger partial charge < -0.3 is 10.8 Å². The molecule has 1 heterocycles. The number of pyridine rings is 1. The Balaban J connectivity index is 2.28. The summed E-state index contributed by atoms with van der Waals surface area (Å²) in [7, 11) is 0. The molecule has 0 unspecified atom stereocenters. The van der Waals surface area contributed by atoms with Crippen LogP contribution in [0.5, 0.6) is 0 Å². The molecule has 0 saturated carbocycles. The van der Waals surface area contributed by atoms with E-state index in [1.54, 1.807) is 12.4 Å². The molecule has 1 aromatic heterocycles. The number of aromatic nitrogens is 1. The van der Waals surface area contributed by atoms with Gasteiger partial charge in [-0.05, 0) is 17.2 Å². The van der Waals surface area contributed by atoms with E-state index in [2.05, 4.69) is 4.98 Å². The highest BCUT2D eigenvalue weighted by Gasteiger charge is 2.11. The van der Waals surface area contributed by atoms with Crippen LogP contribution >= 0.6 is 0 Å². The van der Waals surface area contributed by atoms with Crippen molar-refractivity contribution in [1.82, 2.24) is 4.98 Å². The molecule has 0 radical (unpaired) electrons. The molecule has 18 heavy (non-hydrogen) atoms. The van der Waals surface area contributed by atoms with E-state index in [-0.39, 0.29) is 6.42 Å². The lowest BCUT2D eigenvalue weighted by atomic mass is 10.0. The fraction of sp³-hybridized carbons (Fsp3) is 0.143. The summed E-state index contributed by atoms with van der Waals surface area (Å²) in [6, 6.07) is 11.1. The third-order valence-corrected chi connectivity index (χ3v) is 2.69. The van der Waals surface area contributed by atoms with Gasteiger partial charge in [0, 0.05) is 24.0 Å². The summed E-state index contributed by atoms with van der Waals surface area (Å²) in [5, 5.41) is 8.73. The summed E-state index contributed by atoms with van der Waals surface area (Å²) in [5.74, 6) is -0.910. The molecular formula is C14H14N2O2. The predicted octanol–water partition coefficient (Wildman–Crippen LogP) is 2.22. The summed E-state index contributed by atoms with van der Waals surface area (Å²) in [6.07, 6.45) is 3.26. The molecule has 2 aromatic rings. The van der Waals surface area contributed by atoms with E-state index in [9.17, 15) is 4.79 Å². The summed E-state index contributed by atoms with van der Waals surface area (Å²) >= 11 is 0. The van der Waals surface area contributed by atoms with Crippen LogP contribution in [0.2, 0.25) is 0 Å². The quantitative estimate of drug-likeness (QED) is 0.861. The van der Waals surface area contributed by atoms with Gasteiger partial charge in [0.2, 0.25) is 0 Å². The molecule has 3 N–H and O–H groups in total. The van der Waals surface area contributed by atoms with Crippen LogP contribution in [0.1, 0.15) is 18.0 Å². The highest BCUT2D eigenvalue weighted by Crippen LogP contribution is 2.22. The largest absolute Gasteiger partial charge is 0.481 e. The third kappa shape index (κ3) is 2.93. The van der Waals surface area contributed by atoms with Crippen molar-refractivity contribution in [2.45, 2.75) is 12.5 Å². The maximum Gasteiger partial charge on any atom is 0.305 e. The molecule has 0 aliphatic heterocycles. The second-order valence-electron chi connectivity index (χ2n) is 4.08. The highest BCUT2D eigenvalue weighted by atomic mass is 16.4. The van der Waals surface area contributed by atoms with Crippen molar-refractivity contribution in [3.05, 3.63) is 54.4 Å². The van der Waals surface area contributed by atoms with E-state index in [0.29, 0.717) is 0 Å². The van der Waals surface area contributed by atoms with E-state index >= 15 is 0 Å². The Labute approximate surface area is 105 Å². The zero-order valence-corrected chi connectivity index (χ0v) is 9.78. The van der Waals surface area contributed by atoms with Crippen LogP contribution in [-0.2, 0) is 4.79 Å². The number of hydrogen-bond donors (Lipinski definition) is 2. The molecule has 4 heteroatoms. The van der Waals surface area contributed by atoms with Crippen LogP contribution in [0.25, 0.3) is 11.1 Å². The lowest BCUT2D eigenvalue weighted by Crippen LogP contribution is -2.15. The summed E-state index contributed by atoms with van der Waals surface area (Å²) in [6.45, 7) is 0. The minimum Gasteiger partial charge on any atom is -0.481 e. The number of nitrogens with two attached hydrogens (primary N) is 1. The van der Waals surface area contributed by atoms with Gasteiger partial charge in [0.1, 0.15) is 0 Å². The Morgan fingerprint density at radius 2 is 1.94 bits per heavy atom. The number of carbonyl (C=O) groups is 1. The van der Waals surface area contributed by atoms with Gasteiger partial charge in [0.25, 0.3) is 0 Å². The number of aliphatic carboxylic acids is 1. The number of rotatable bonds is 4. The normalized spacial score (nSPS) is 12.1. The van der Waals surface area contributed by atoms with Crippen molar-refractivity contribution in [3.63, 3.8) is 0 Å². The molecule has 0 spiro atoms. The molecule has 1 atom stereocenters. The SMILES string of the molecule is N[C@@H](CC(=O)O)c1cncc(-c2ccccc2)c1. The number of nitrogens with zero attached hydrogens (tertiary/aromatic N) is 1. The zero-order valence-electron chi connectivity index (χ0n) is 9.78. The molecular weight excluding hydrogens is 228 g/mol. The second kappa shape index (κ2) is 5.42. The first-order chi connectivity index (χ1) is 8.66. The van der Waals surface area contributed by atoms with Crippen molar-refractivity contribution >= 4 is 5.97 Å². The van der Waals surface area contributed by atoms with Gasteiger partial charge in [0.15, 0.2) is 0 Å². The van der Waals surface area contributed by atoms with E-state index < -0.39 is 12.0 Å². The predicted molar refractivity (Wildman–Crippen MR) is 68.9 cm³/mol. The van der Waals surface area contributed by atoms with Crippen LogP contribution in [0, 0.1) is 0 Å². The van der Waals surface area contributed by atoms with Crippen LogP contribution in [0.3, 0.4) is 0 Å². The average molecular weight is 242 g/mol. The van der Waals surface area contributed by atoms with Gasteiger partial charge in [-0.25, -0.2) is 0 Å². The minimum atomic E-state index is -0.910. The van der Waals surface area contributed by atoms with Crippen molar-refractivity contribution in [2.75, 3.05) is 0 Å². The van der Waals surface area contributed by atoms with Crippen LogP contribution < -0.4 is 5.73 Å². The van der Waals surface area contributed by atoms with Gasteiger partial charge in [-0.1, -0.05) is 30.3 Å². The highest BCUT2D eigenvalue weighted by molar-refractivity contribution is 5.68. The topological polar surface area (TPSA) is 76.2 Å². The minimum absolute atomic E-state index is 0.0973. The van der Waals surface area contributed by atoms with Crippen molar-refractivity contribution in [3.8, 4) is 11.1 Å². The average Bonchev–Trinajstić information content (AvgIpc) is 2.39. The fourth-order valence-corrected chi connectivity index (χ4v) is 1.75. The van der Waals surface area contributed by atoms with Gasteiger partial charge >= 0.3 is 5.97 Å². The van der Waals surface area contributed by atoms with Crippen LogP contribution in [0.15, 0.2) is 48.8 Å². The summed E-state index contributed by atoms with van der Waals surface area (Å²) < 4.78 is 0. The molecule has 0 saturated heterocycles. The Hall–Kier alpha value is -2.20. The molecule has 0 aliphatic rings. The molecule has 0 bridgehead atoms. The maximum absolute atomic E-state index is 10.6. The first-order valence-corrected chi connectivity index (χ1v) is 5.64. The van der Waals surface area contributed by atoms with E-state index in [1.165, 1.54) is 0 Å². The fourth-order valence-electron chi connectivity index (χ4n) is 1.75. The molecule has 0 amide bonds. The molecule has 1 aromatic carbocycles. The van der Waals surface area contributed by atoms with Crippen LogP contribution in [-0.4, -0.2) is 16.1 Å². The summed E-state index contributed by atoms with van der Waals surface area (Å²) in [4.78, 5) is 14.8. The Kier molecular flexibility index (Phi) is 3.69. The Morgan fingerprint density at radius 3 is 2.61 bits per heavy atom. The zero-order chi connectivity index (χ0) is 13.0. The smallest absolute Gasteiger partial charge is 0.305 e. The third-order valence-electron chi connectivity index (χ3n) is 2.69.